The minimum Gasteiger partial charge on any atom is -0.398 e. The van der Waals surface area contributed by atoms with Crippen molar-refractivity contribution in [3.8, 4) is 0 Å². The first-order valence-corrected chi connectivity index (χ1v) is 4.37. The van der Waals surface area contributed by atoms with Crippen molar-refractivity contribution in [2.75, 3.05) is 5.73 Å². The third-order valence-corrected chi connectivity index (χ3v) is 2.02. The second-order valence-electron chi connectivity index (χ2n) is 2.97. The Balaban J connectivity index is 0.00000169. The van der Waals surface area contributed by atoms with Crippen LogP contribution in [0.5, 0.6) is 0 Å². The summed E-state index contributed by atoms with van der Waals surface area (Å²) in [5.41, 5.74) is 9.13. The summed E-state index contributed by atoms with van der Waals surface area (Å²) in [5, 5.41) is 0. The van der Waals surface area contributed by atoms with E-state index in [1.54, 1.807) is 0 Å². The maximum Gasteiger partial charge on any atom is 0.0352 e. The first-order chi connectivity index (χ1) is 6.29. The summed E-state index contributed by atoms with van der Waals surface area (Å²) in [7, 11) is 0. The number of nitrogen functional groups attached to an aromatic ring is 1. The first-order valence-electron chi connectivity index (χ1n) is 4.37. The maximum absolute atomic E-state index is 5.86. The molecular formula is C12H16ClN. The van der Waals surface area contributed by atoms with E-state index in [-0.39, 0.29) is 12.4 Å². The molecule has 76 valence electrons. The van der Waals surface area contributed by atoms with E-state index in [1.807, 2.05) is 24.3 Å². The number of allylic oxidation sites excluding steroid dienone is 2. The molecule has 1 rings (SSSR count). The Morgan fingerprint density at radius 3 is 2.36 bits per heavy atom. The molecule has 0 aromatic heterocycles. The molecule has 0 spiro atoms. The van der Waals surface area contributed by atoms with E-state index < -0.39 is 0 Å². The van der Waals surface area contributed by atoms with Gasteiger partial charge in [-0.1, -0.05) is 24.3 Å². The molecule has 1 aromatic carbocycles. The Bertz CT molecular complexity index is 318. The van der Waals surface area contributed by atoms with Crippen molar-refractivity contribution < 1.29 is 0 Å². The van der Waals surface area contributed by atoms with E-state index >= 15 is 0 Å². The van der Waals surface area contributed by atoms with Crippen molar-refractivity contribution in [3.63, 3.8) is 0 Å². The molecule has 0 aliphatic heterocycles. The van der Waals surface area contributed by atoms with Crippen LogP contribution in [0.2, 0.25) is 0 Å². The van der Waals surface area contributed by atoms with Gasteiger partial charge in [0.05, 0.1) is 0 Å². The van der Waals surface area contributed by atoms with Crippen molar-refractivity contribution in [3.05, 3.63) is 54.6 Å². The topological polar surface area (TPSA) is 26.0 Å². The van der Waals surface area contributed by atoms with Crippen LogP contribution < -0.4 is 5.73 Å². The van der Waals surface area contributed by atoms with Crippen molar-refractivity contribution in [2.24, 2.45) is 0 Å². The van der Waals surface area contributed by atoms with Crippen molar-refractivity contribution in [1.29, 1.82) is 0 Å². The van der Waals surface area contributed by atoms with Crippen molar-refractivity contribution in [2.45, 2.75) is 12.8 Å². The fourth-order valence-corrected chi connectivity index (χ4v) is 1.39. The van der Waals surface area contributed by atoms with Crippen LogP contribution in [-0.4, -0.2) is 0 Å². The summed E-state index contributed by atoms with van der Waals surface area (Å²) in [4.78, 5) is 0. The largest absolute Gasteiger partial charge is 0.398 e. The molecule has 0 saturated heterocycles. The van der Waals surface area contributed by atoms with Crippen LogP contribution in [0.15, 0.2) is 43.5 Å². The highest BCUT2D eigenvalue weighted by Crippen LogP contribution is 2.18. The Morgan fingerprint density at radius 2 is 1.79 bits per heavy atom. The number of benzene rings is 1. The lowest BCUT2D eigenvalue weighted by molar-refractivity contribution is 1.16. The molecule has 0 atom stereocenters. The van der Waals surface area contributed by atoms with E-state index in [1.165, 1.54) is 11.1 Å². The lowest BCUT2D eigenvalue weighted by Gasteiger charge is -2.08. The molecule has 0 bridgehead atoms. The van der Waals surface area contributed by atoms with Gasteiger partial charge in [-0.15, -0.1) is 25.6 Å². The van der Waals surface area contributed by atoms with Gasteiger partial charge < -0.3 is 5.73 Å². The first kappa shape index (κ1) is 12.8. The van der Waals surface area contributed by atoms with Gasteiger partial charge in [0.2, 0.25) is 0 Å². The second kappa shape index (κ2) is 6.28. The molecule has 0 fully saturated rings. The predicted molar refractivity (Wildman–Crippen MR) is 65.9 cm³/mol. The molecule has 1 nitrogen and oxygen atoms in total. The summed E-state index contributed by atoms with van der Waals surface area (Å²) in [5.74, 6) is 0. The van der Waals surface area contributed by atoms with Gasteiger partial charge in [-0.25, -0.2) is 0 Å². The Kier molecular flexibility index (Phi) is 5.73. The van der Waals surface area contributed by atoms with Gasteiger partial charge in [0.25, 0.3) is 0 Å². The smallest absolute Gasteiger partial charge is 0.0352 e. The average molecular weight is 210 g/mol. The number of hydrogen-bond donors (Lipinski definition) is 1. The van der Waals surface area contributed by atoms with E-state index in [0.29, 0.717) is 0 Å². The molecule has 0 amide bonds. The minimum atomic E-state index is 0. The normalized spacial score (nSPS) is 8.86. The molecule has 0 aliphatic rings. The second-order valence-corrected chi connectivity index (χ2v) is 2.97. The fourth-order valence-electron chi connectivity index (χ4n) is 1.39. The summed E-state index contributed by atoms with van der Waals surface area (Å²) in [6.07, 6.45) is 5.46. The zero-order valence-corrected chi connectivity index (χ0v) is 9.02. The standard InChI is InChI=1S/C12H15N.ClH/c1-3-6-10-8-5-9-12(13)11(10)7-4-2;/h3-5,8-9H,1-2,6-7,13H2;1H. The average Bonchev–Trinajstić information content (AvgIpc) is 2.11. The lowest BCUT2D eigenvalue weighted by Crippen LogP contribution is -1.98. The molecule has 0 radical (unpaired) electrons. The van der Waals surface area contributed by atoms with E-state index in [0.717, 1.165) is 18.5 Å². The van der Waals surface area contributed by atoms with Gasteiger partial charge in [-0.05, 0) is 30.0 Å². The summed E-state index contributed by atoms with van der Waals surface area (Å²) < 4.78 is 0. The zero-order valence-electron chi connectivity index (χ0n) is 8.20. The van der Waals surface area contributed by atoms with Gasteiger partial charge >= 0.3 is 0 Å². The maximum atomic E-state index is 5.86. The molecule has 2 N–H and O–H groups in total. The molecule has 0 saturated carbocycles. The van der Waals surface area contributed by atoms with Crippen LogP contribution in [0.25, 0.3) is 0 Å². The van der Waals surface area contributed by atoms with Crippen LogP contribution in [0.1, 0.15) is 11.1 Å². The van der Waals surface area contributed by atoms with Gasteiger partial charge in [-0.2, -0.15) is 0 Å². The Labute approximate surface area is 91.7 Å². The summed E-state index contributed by atoms with van der Waals surface area (Å²) >= 11 is 0. The number of rotatable bonds is 4. The van der Waals surface area contributed by atoms with Crippen LogP contribution in [0, 0.1) is 0 Å². The minimum absolute atomic E-state index is 0. The van der Waals surface area contributed by atoms with Gasteiger partial charge in [0, 0.05) is 5.69 Å². The molecule has 0 aliphatic carbocycles. The monoisotopic (exact) mass is 209 g/mol. The van der Waals surface area contributed by atoms with Crippen molar-refractivity contribution in [1.82, 2.24) is 0 Å². The predicted octanol–water partition coefficient (Wildman–Crippen LogP) is 3.15. The van der Waals surface area contributed by atoms with Crippen molar-refractivity contribution >= 4 is 18.1 Å². The van der Waals surface area contributed by atoms with E-state index in [4.69, 9.17) is 5.73 Å². The molecule has 1 aromatic rings. The third-order valence-electron chi connectivity index (χ3n) is 2.02. The van der Waals surface area contributed by atoms with Crippen LogP contribution in [0.4, 0.5) is 5.69 Å². The number of halogens is 1. The molecule has 14 heavy (non-hydrogen) atoms. The lowest BCUT2D eigenvalue weighted by atomic mass is 10.00. The number of hydrogen-bond acceptors (Lipinski definition) is 1. The van der Waals surface area contributed by atoms with E-state index in [2.05, 4.69) is 19.2 Å². The summed E-state index contributed by atoms with van der Waals surface area (Å²) in [6.45, 7) is 7.44. The van der Waals surface area contributed by atoms with Crippen LogP contribution in [-0.2, 0) is 12.8 Å². The molecule has 0 heterocycles. The highest BCUT2D eigenvalue weighted by molar-refractivity contribution is 5.85. The summed E-state index contributed by atoms with van der Waals surface area (Å²) in [6, 6.07) is 5.98. The third kappa shape index (κ3) is 2.93. The number of nitrogens with two attached hydrogens (primary N) is 1. The van der Waals surface area contributed by atoms with Gasteiger partial charge in [0.15, 0.2) is 0 Å². The van der Waals surface area contributed by atoms with Gasteiger partial charge in [0.1, 0.15) is 0 Å². The van der Waals surface area contributed by atoms with Crippen LogP contribution >= 0.6 is 12.4 Å². The zero-order chi connectivity index (χ0) is 9.68. The molecular weight excluding hydrogens is 194 g/mol. The SMILES string of the molecule is C=CCc1cccc(N)c1CC=C.Cl. The highest BCUT2D eigenvalue weighted by atomic mass is 35.5. The highest BCUT2D eigenvalue weighted by Gasteiger charge is 2.02. The fraction of sp³-hybridized carbons (Fsp3) is 0.167. The Hall–Kier alpha value is -1.21. The quantitative estimate of drug-likeness (QED) is 0.599. The molecule has 0 unspecified atom stereocenters. The van der Waals surface area contributed by atoms with Gasteiger partial charge in [-0.3, -0.25) is 0 Å². The van der Waals surface area contributed by atoms with Crippen LogP contribution in [0.3, 0.4) is 0 Å². The van der Waals surface area contributed by atoms with E-state index in [9.17, 15) is 0 Å². The Morgan fingerprint density at radius 1 is 1.14 bits per heavy atom. The molecule has 2 heteroatoms. The number of anilines is 1.